The van der Waals surface area contributed by atoms with Crippen molar-refractivity contribution in [3.8, 4) is 17.2 Å². The molecule has 0 radical (unpaired) electrons. The van der Waals surface area contributed by atoms with Crippen LogP contribution in [-0.2, 0) is 32.7 Å². The number of hydrogen-bond donors (Lipinski definition) is 3. The Morgan fingerprint density at radius 1 is 1.00 bits per heavy atom. The first-order chi connectivity index (χ1) is 19.0. The summed E-state index contributed by atoms with van der Waals surface area (Å²) in [5, 5.41) is 10.3. The van der Waals surface area contributed by atoms with Gasteiger partial charge in [-0.1, -0.05) is 36.4 Å². The van der Waals surface area contributed by atoms with Crippen LogP contribution in [0.3, 0.4) is 0 Å². The molecule has 1 amide bonds. The van der Waals surface area contributed by atoms with Gasteiger partial charge in [-0.3, -0.25) is 9.63 Å². The lowest BCUT2D eigenvalue weighted by atomic mass is 9.94. The van der Waals surface area contributed by atoms with Gasteiger partial charge in [-0.2, -0.15) is 4.72 Å². The predicted octanol–water partition coefficient (Wildman–Crippen LogP) is 3.22. The van der Waals surface area contributed by atoms with E-state index in [1.165, 1.54) is 6.92 Å². The lowest BCUT2D eigenvalue weighted by Crippen LogP contribution is -2.52. The van der Waals surface area contributed by atoms with E-state index in [9.17, 15) is 18.3 Å². The average Bonchev–Trinajstić information content (AvgIpc) is 3.39. The van der Waals surface area contributed by atoms with Gasteiger partial charge >= 0.3 is 0 Å². The number of carbonyl (C=O) groups excluding carboxylic acids is 1. The largest absolute Gasteiger partial charge is 0.496 e. The topological polar surface area (TPSA) is 132 Å². The van der Waals surface area contributed by atoms with Crippen molar-refractivity contribution < 1.29 is 37.4 Å². The normalized spacial score (nSPS) is 14.1. The lowest BCUT2D eigenvalue weighted by Gasteiger charge is -2.25. The summed E-state index contributed by atoms with van der Waals surface area (Å²) >= 11 is 0. The first kappa shape index (κ1) is 29.3. The van der Waals surface area contributed by atoms with Crippen LogP contribution in [0.25, 0.3) is 0 Å². The number of carbonyl (C=O) groups is 1. The molecule has 2 atom stereocenters. The summed E-state index contributed by atoms with van der Waals surface area (Å²) in [5.41, 5.74) is 6.19. The van der Waals surface area contributed by atoms with Gasteiger partial charge in [0.25, 0.3) is 5.91 Å². The van der Waals surface area contributed by atoms with Gasteiger partial charge in [0, 0.05) is 12.0 Å². The smallest absolute Gasteiger partial charge is 0.264 e. The number of fused-ring (bicyclic) bond motifs is 1. The summed E-state index contributed by atoms with van der Waals surface area (Å²) in [5.74, 6) is 1.02. The Bertz CT molecular complexity index is 1490. The molecule has 214 valence electrons. The van der Waals surface area contributed by atoms with Crippen LogP contribution in [0.4, 0.5) is 0 Å². The number of hydrogen-bond acceptors (Lipinski definition) is 8. The highest BCUT2D eigenvalue weighted by Crippen LogP contribution is 2.39. The van der Waals surface area contributed by atoms with E-state index < -0.39 is 28.1 Å². The molecule has 0 aliphatic carbocycles. The molecule has 0 spiro atoms. The third-order valence-corrected chi connectivity index (χ3v) is 8.62. The van der Waals surface area contributed by atoms with Crippen LogP contribution in [0.2, 0.25) is 0 Å². The number of nitrogens with one attached hydrogen (secondary N) is 2. The molecule has 1 aliphatic rings. The number of methoxy groups -OCH3 is 1. The number of ether oxygens (including phenoxy) is 3. The minimum absolute atomic E-state index is 0.0187. The fourth-order valence-electron chi connectivity index (χ4n) is 4.73. The monoisotopic (exact) mass is 570 g/mol. The molecular weight excluding hydrogens is 536 g/mol. The summed E-state index contributed by atoms with van der Waals surface area (Å²) < 4.78 is 46.5. The maximum atomic E-state index is 13.8. The van der Waals surface area contributed by atoms with Gasteiger partial charge in [0.05, 0.1) is 24.7 Å². The van der Waals surface area contributed by atoms with Crippen molar-refractivity contribution in [3.05, 3.63) is 81.9 Å². The van der Waals surface area contributed by atoms with Crippen LogP contribution < -0.4 is 24.4 Å². The van der Waals surface area contributed by atoms with Crippen molar-refractivity contribution in [2.45, 2.75) is 57.8 Å². The van der Waals surface area contributed by atoms with Crippen LogP contribution in [0.1, 0.15) is 40.3 Å². The third-order valence-electron chi connectivity index (χ3n) is 6.90. The highest BCUT2D eigenvalue weighted by Gasteiger charge is 2.33. The molecule has 10 nitrogen and oxygen atoms in total. The molecule has 0 saturated heterocycles. The number of sulfonamides is 1. The second-order valence-corrected chi connectivity index (χ2v) is 11.3. The van der Waals surface area contributed by atoms with Crippen molar-refractivity contribution >= 4 is 15.9 Å². The molecular formula is C29H34N2O8S. The highest BCUT2D eigenvalue weighted by atomic mass is 32.2. The highest BCUT2D eigenvalue weighted by molar-refractivity contribution is 7.89. The SMILES string of the molecule is COc1c(C)c(C)c(S(=O)(=O)N[C@@H](C(=O)NOCc2ccccc2)[C@@H](C)O)c(C)c1Cc1ccc2c(c1)OCO2. The molecule has 40 heavy (non-hydrogen) atoms. The van der Waals surface area contributed by atoms with Crippen molar-refractivity contribution in [1.82, 2.24) is 10.2 Å². The zero-order chi connectivity index (χ0) is 29.0. The maximum absolute atomic E-state index is 13.8. The fourth-order valence-corrected chi connectivity index (χ4v) is 6.57. The quantitative estimate of drug-likeness (QED) is 0.300. The molecule has 0 aromatic heterocycles. The number of hydroxylamine groups is 1. The van der Waals surface area contributed by atoms with Crippen molar-refractivity contribution in [2.75, 3.05) is 13.9 Å². The zero-order valence-electron chi connectivity index (χ0n) is 23.1. The van der Waals surface area contributed by atoms with Crippen LogP contribution in [0.5, 0.6) is 17.2 Å². The van der Waals surface area contributed by atoms with E-state index in [4.69, 9.17) is 19.0 Å². The third kappa shape index (κ3) is 6.23. The molecule has 3 N–H and O–H groups in total. The van der Waals surface area contributed by atoms with E-state index in [0.717, 1.165) is 11.1 Å². The Balaban J connectivity index is 1.62. The van der Waals surface area contributed by atoms with Crippen LogP contribution >= 0.6 is 0 Å². The van der Waals surface area contributed by atoms with Gasteiger partial charge in [-0.15, -0.1) is 0 Å². The van der Waals surface area contributed by atoms with Crippen molar-refractivity contribution in [1.29, 1.82) is 0 Å². The first-order valence-electron chi connectivity index (χ1n) is 12.7. The van der Waals surface area contributed by atoms with E-state index in [1.54, 1.807) is 27.9 Å². The van der Waals surface area contributed by atoms with E-state index >= 15 is 0 Å². The minimum atomic E-state index is -4.29. The summed E-state index contributed by atoms with van der Waals surface area (Å²) in [6.07, 6.45) is -0.980. The number of aliphatic hydroxyl groups is 1. The second-order valence-electron chi connectivity index (χ2n) is 9.66. The number of benzene rings is 3. The molecule has 0 bridgehead atoms. The van der Waals surface area contributed by atoms with Gasteiger partial charge in [0.2, 0.25) is 16.8 Å². The Hall–Kier alpha value is -3.64. The summed E-state index contributed by atoms with van der Waals surface area (Å²) in [6, 6.07) is 13.2. The minimum Gasteiger partial charge on any atom is -0.496 e. The molecule has 3 aromatic carbocycles. The number of amides is 1. The van der Waals surface area contributed by atoms with Gasteiger partial charge in [-0.25, -0.2) is 13.9 Å². The van der Waals surface area contributed by atoms with E-state index in [2.05, 4.69) is 10.2 Å². The van der Waals surface area contributed by atoms with E-state index in [0.29, 0.717) is 45.9 Å². The molecule has 0 unspecified atom stereocenters. The van der Waals surface area contributed by atoms with Gasteiger partial charge in [0.15, 0.2) is 11.5 Å². The zero-order valence-corrected chi connectivity index (χ0v) is 23.9. The molecule has 11 heteroatoms. The van der Waals surface area contributed by atoms with Gasteiger partial charge in [0.1, 0.15) is 11.8 Å². The van der Waals surface area contributed by atoms with Gasteiger partial charge in [-0.05, 0) is 67.6 Å². The summed E-state index contributed by atoms with van der Waals surface area (Å²) in [7, 11) is -2.74. The van der Waals surface area contributed by atoms with Crippen LogP contribution in [0.15, 0.2) is 53.4 Å². The standard InChI is InChI=1S/C29H34N2O8S/c1-17-18(2)28(19(3)23(27(17)36-5)13-22-11-12-24-25(14-22)38-16-37-24)40(34,35)31-26(20(4)32)29(33)30-39-15-21-9-7-6-8-10-21/h6-12,14,20,26,31-32H,13,15-16H2,1-5H3,(H,30,33)/t20-,26-/m1/s1. The second kappa shape index (κ2) is 12.3. The average molecular weight is 571 g/mol. The van der Waals surface area contributed by atoms with Crippen molar-refractivity contribution in [3.63, 3.8) is 0 Å². The van der Waals surface area contributed by atoms with Crippen molar-refractivity contribution in [2.24, 2.45) is 0 Å². The predicted molar refractivity (Wildman–Crippen MR) is 148 cm³/mol. The molecule has 1 heterocycles. The lowest BCUT2D eigenvalue weighted by molar-refractivity contribution is -0.138. The molecule has 1 aliphatic heterocycles. The Kier molecular flexibility index (Phi) is 8.99. The van der Waals surface area contributed by atoms with Gasteiger partial charge < -0.3 is 19.3 Å². The van der Waals surface area contributed by atoms with E-state index in [-0.39, 0.29) is 18.3 Å². The maximum Gasteiger partial charge on any atom is 0.264 e. The van der Waals surface area contributed by atoms with Crippen LogP contribution in [0, 0.1) is 20.8 Å². The Morgan fingerprint density at radius 3 is 2.38 bits per heavy atom. The molecule has 3 aromatic rings. The summed E-state index contributed by atoms with van der Waals surface area (Å²) in [6.45, 7) is 6.72. The summed E-state index contributed by atoms with van der Waals surface area (Å²) in [4.78, 5) is 18.1. The first-order valence-corrected chi connectivity index (χ1v) is 14.2. The molecule has 4 rings (SSSR count). The molecule has 0 saturated carbocycles. The Labute approximate surface area is 234 Å². The number of rotatable bonds is 11. The van der Waals surface area contributed by atoms with Crippen LogP contribution in [-0.4, -0.2) is 45.5 Å². The Morgan fingerprint density at radius 2 is 1.70 bits per heavy atom. The van der Waals surface area contributed by atoms with E-state index in [1.807, 2.05) is 48.5 Å². The number of aliphatic hydroxyl groups excluding tert-OH is 1. The fraction of sp³-hybridized carbons (Fsp3) is 0.345. The molecule has 0 fully saturated rings.